The summed E-state index contributed by atoms with van der Waals surface area (Å²) in [5, 5.41) is 23.0. The topological polar surface area (TPSA) is 65.0 Å². The second kappa shape index (κ2) is 11.4. The zero-order chi connectivity index (χ0) is 34.2. The Labute approximate surface area is 297 Å². The minimum absolute atomic E-state index is 0.0946. The number of nitriles is 2. The highest BCUT2D eigenvalue weighted by Crippen LogP contribution is 2.51. The van der Waals surface area contributed by atoms with E-state index >= 15 is 0 Å². The Kier molecular flexibility index (Phi) is 6.62. The number of hydrogen-bond donors (Lipinski definition) is 0. The van der Waals surface area contributed by atoms with Crippen LogP contribution in [0.25, 0.3) is 33.1 Å². The van der Waals surface area contributed by atoms with Crippen LogP contribution in [0.4, 0.5) is 0 Å². The first-order valence-electron chi connectivity index (χ1n) is 17.9. The Bertz CT molecular complexity index is 2560. The first kappa shape index (κ1) is 29.6. The molecule has 1 aromatic heterocycles. The Morgan fingerprint density at radius 2 is 1.67 bits per heavy atom. The Balaban J connectivity index is 1.13. The normalized spacial score (nSPS) is 24.3. The van der Waals surface area contributed by atoms with Crippen LogP contribution in [0, 0.1) is 40.4 Å². The summed E-state index contributed by atoms with van der Waals surface area (Å²) in [6, 6.07) is 25.3. The van der Waals surface area contributed by atoms with Crippen molar-refractivity contribution >= 4 is 27.4 Å². The van der Waals surface area contributed by atoms with Crippen molar-refractivity contribution in [2.45, 2.75) is 38.7 Å². The molecule has 2 aliphatic heterocycles. The highest BCUT2D eigenvalue weighted by atomic mass is 16.5. The largest absolute Gasteiger partial charge is 0.490 e. The van der Waals surface area contributed by atoms with Gasteiger partial charge in [0.05, 0.1) is 33.5 Å². The van der Waals surface area contributed by atoms with E-state index in [9.17, 15) is 10.5 Å². The SMILES string of the molecule is CC1CC(c2ccc(C#N)c(C#N)c2-n2c3ccccc3c3ccccc32)=CC=C1N1C2=C=C(C=CCC2)C2=C1CC1C(=C2)OC2C=CC=CC21. The van der Waals surface area contributed by atoms with E-state index in [2.05, 4.69) is 125 Å². The van der Waals surface area contributed by atoms with Crippen molar-refractivity contribution in [3.63, 3.8) is 0 Å². The van der Waals surface area contributed by atoms with Crippen LogP contribution in [0.3, 0.4) is 0 Å². The van der Waals surface area contributed by atoms with Gasteiger partial charge in [-0.3, -0.25) is 0 Å². The van der Waals surface area contributed by atoms with Gasteiger partial charge in [-0.15, -0.1) is 0 Å². The number of aromatic nitrogens is 1. The van der Waals surface area contributed by atoms with Crippen molar-refractivity contribution in [3.8, 4) is 17.8 Å². The fourth-order valence-corrected chi connectivity index (χ4v) is 9.17. The molecule has 4 aromatic rings. The molecule has 0 radical (unpaired) electrons. The number of para-hydroxylation sites is 2. The zero-order valence-electron chi connectivity index (χ0n) is 28.3. The molecule has 3 heterocycles. The van der Waals surface area contributed by atoms with Crippen LogP contribution in [0.1, 0.15) is 49.3 Å². The standard InChI is InChI=1S/C46H34N4O/c1-28-22-30(33-20-18-31(26-47)39(27-48)46(33)50-41-15-7-4-12-34(41)35-13-5-8-16-42(35)50)19-21-40(28)49-32-11-3-2-10-29(23-32)37-25-45-38(24-43(37)49)36-14-6-9-17-44(36)51-45/h2,4-10,12-21,25,28,36,38,44H,3,11,22,24H2,1H3. The third-order valence-electron chi connectivity index (χ3n) is 11.5. The van der Waals surface area contributed by atoms with E-state index in [4.69, 9.17) is 4.74 Å². The van der Waals surface area contributed by atoms with Gasteiger partial charge < -0.3 is 14.2 Å². The summed E-state index contributed by atoms with van der Waals surface area (Å²) in [6.45, 7) is 2.32. The smallest absolute Gasteiger partial charge is 0.124 e. The van der Waals surface area contributed by atoms with Gasteiger partial charge in [0.15, 0.2) is 0 Å². The molecule has 4 unspecified atom stereocenters. The highest BCUT2D eigenvalue weighted by molar-refractivity contribution is 6.09. The summed E-state index contributed by atoms with van der Waals surface area (Å²) < 4.78 is 8.71. The average molecular weight is 659 g/mol. The third-order valence-corrected chi connectivity index (χ3v) is 11.5. The quantitative estimate of drug-likeness (QED) is 0.206. The predicted octanol–water partition coefficient (Wildman–Crippen LogP) is 10.2. The molecule has 1 fully saturated rings. The second-order valence-corrected chi connectivity index (χ2v) is 14.3. The summed E-state index contributed by atoms with van der Waals surface area (Å²) >= 11 is 0. The number of rotatable bonds is 3. The number of fused-ring (bicyclic) bond motifs is 7. The van der Waals surface area contributed by atoms with Gasteiger partial charge in [-0.2, -0.15) is 10.5 Å². The summed E-state index contributed by atoms with van der Waals surface area (Å²) in [5.41, 5.74) is 15.8. The van der Waals surface area contributed by atoms with E-state index in [0.717, 1.165) is 75.6 Å². The van der Waals surface area contributed by atoms with Gasteiger partial charge in [-0.25, -0.2) is 0 Å². The lowest BCUT2D eigenvalue weighted by molar-refractivity contribution is 0.184. The average Bonchev–Trinajstić information content (AvgIpc) is 3.61. The summed E-state index contributed by atoms with van der Waals surface area (Å²) in [6.07, 6.45) is 23.8. The van der Waals surface area contributed by atoms with Gasteiger partial charge >= 0.3 is 0 Å². The molecule has 3 aromatic carbocycles. The van der Waals surface area contributed by atoms with E-state index in [1.807, 2.05) is 24.3 Å². The lowest BCUT2D eigenvalue weighted by Gasteiger charge is -2.40. The third kappa shape index (κ3) is 4.39. The van der Waals surface area contributed by atoms with E-state index < -0.39 is 0 Å². The van der Waals surface area contributed by atoms with Gasteiger partial charge in [0.1, 0.15) is 24.0 Å². The summed E-state index contributed by atoms with van der Waals surface area (Å²) in [5.74, 6) is 1.93. The molecule has 0 saturated carbocycles. The minimum atomic E-state index is 0.0946. The number of benzene rings is 3. The molecular formula is C46H34N4O. The molecule has 0 N–H and O–H groups in total. The summed E-state index contributed by atoms with van der Waals surface area (Å²) in [4.78, 5) is 2.53. The van der Waals surface area contributed by atoms with E-state index in [-0.39, 0.29) is 12.0 Å². The van der Waals surface area contributed by atoms with Crippen molar-refractivity contribution in [1.29, 1.82) is 10.5 Å². The van der Waals surface area contributed by atoms with Crippen LogP contribution in [0.5, 0.6) is 0 Å². The Morgan fingerprint density at radius 3 is 2.43 bits per heavy atom. The molecule has 5 heteroatoms. The van der Waals surface area contributed by atoms with Crippen molar-refractivity contribution in [2.24, 2.45) is 17.8 Å². The van der Waals surface area contributed by atoms with Gasteiger partial charge in [0, 0.05) is 56.6 Å². The highest BCUT2D eigenvalue weighted by Gasteiger charge is 2.45. The second-order valence-electron chi connectivity index (χ2n) is 14.3. The number of nitrogens with zero attached hydrogens (tertiary/aromatic N) is 4. The molecule has 4 atom stereocenters. The monoisotopic (exact) mass is 658 g/mol. The first-order chi connectivity index (χ1) is 25.1. The number of hydrogen-bond acceptors (Lipinski definition) is 4. The van der Waals surface area contributed by atoms with Crippen LogP contribution in [-0.2, 0) is 4.74 Å². The Morgan fingerprint density at radius 1 is 0.882 bits per heavy atom. The fraction of sp³-hybridized carbons (Fsp3) is 0.196. The van der Waals surface area contributed by atoms with Crippen LogP contribution in [0.15, 0.2) is 155 Å². The van der Waals surface area contributed by atoms with Crippen LogP contribution >= 0.6 is 0 Å². The van der Waals surface area contributed by atoms with Gasteiger partial charge in [-0.05, 0) is 67.7 Å². The molecule has 2 bridgehead atoms. The lowest BCUT2D eigenvalue weighted by Crippen LogP contribution is -2.32. The van der Waals surface area contributed by atoms with Gasteiger partial charge in [0.25, 0.3) is 0 Å². The van der Waals surface area contributed by atoms with E-state index in [1.165, 1.54) is 22.7 Å². The molecule has 0 spiro atoms. The maximum Gasteiger partial charge on any atom is 0.124 e. The van der Waals surface area contributed by atoms with Gasteiger partial charge in [0.2, 0.25) is 0 Å². The molecule has 5 nitrogen and oxygen atoms in total. The van der Waals surface area contributed by atoms with Gasteiger partial charge in [-0.1, -0.05) is 91.6 Å². The molecule has 51 heavy (non-hydrogen) atoms. The molecule has 1 saturated heterocycles. The van der Waals surface area contributed by atoms with Crippen LogP contribution in [0.2, 0.25) is 0 Å². The van der Waals surface area contributed by atoms with Crippen molar-refractivity contribution in [2.75, 3.05) is 0 Å². The van der Waals surface area contributed by atoms with E-state index in [0.29, 0.717) is 23.0 Å². The summed E-state index contributed by atoms with van der Waals surface area (Å²) in [7, 11) is 0. The molecule has 6 aliphatic rings. The van der Waals surface area contributed by atoms with Crippen molar-refractivity contribution in [3.05, 3.63) is 172 Å². The molecular weight excluding hydrogens is 625 g/mol. The number of ether oxygens (including phenoxy) is 1. The van der Waals surface area contributed by atoms with Crippen LogP contribution in [-0.4, -0.2) is 15.6 Å². The van der Waals surface area contributed by atoms with Crippen molar-refractivity contribution in [1.82, 2.24) is 9.47 Å². The zero-order valence-corrected chi connectivity index (χ0v) is 28.3. The first-order valence-corrected chi connectivity index (χ1v) is 17.9. The van der Waals surface area contributed by atoms with E-state index in [1.54, 1.807) is 0 Å². The molecule has 244 valence electrons. The predicted molar refractivity (Wildman–Crippen MR) is 201 cm³/mol. The van der Waals surface area contributed by atoms with Crippen LogP contribution < -0.4 is 0 Å². The van der Waals surface area contributed by atoms with Crippen molar-refractivity contribution < 1.29 is 4.74 Å². The maximum absolute atomic E-state index is 10.6. The molecule has 10 rings (SSSR count). The fourth-order valence-electron chi connectivity index (χ4n) is 9.17. The molecule has 0 amide bonds. The number of allylic oxidation sites excluding steroid dienone is 13. The Hall–Kier alpha value is -6.26. The minimum Gasteiger partial charge on any atom is -0.490 e. The maximum atomic E-state index is 10.6. The molecule has 4 aliphatic carbocycles. The lowest BCUT2D eigenvalue weighted by atomic mass is 9.78.